The zero-order valence-electron chi connectivity index (χ0n) is 13.1. The number of nitrogens with zero attached hydrogens (tertiary/aromatic N) is 4. The number of piperidine rings is 1. The highest BCUT2D eigenvalue weighted by atomic mass is 32.2. The van der Waals surface area contributed by atoms with Gasteiger partial charge in [0.25, 0.3) is 5.89 Å². The molecule has 3 rings (SSSR count). The summed E-state index contributed by atoms with van der Waals surface area (Å²) in [6.07, 6.45) is 4.43. The summed E-state index contributed by atoms with van der Waals surface area (Å²) in [6.45, 7) is 3.29. The first kappa shape index (κ1) is 15.9. The first-order valence-electron chi connectivity index (χ1n) is 7.40. The molecule has 0 aromatic carbocycles. The Bertz CT molecular complexity index is 764. The number of hydrogen-bond donors (Lipinski definition) is 1. The molecule has 0 atom stereocenters. The van der Waals surface area contributed by atoms with Gasteiger partial charge in [0.2, 0.25) is 10.0 Å². The number of rotatable bonds is 4. The molecule has 0 amide bonds. The minimum absolute atomic E-state index is 0.00175. The predicted octanol–water partition coefficient (Wildman–Crippen LogP) is 0.958. The van der Waals surface area contributed by atoms with Crippen molar-refractivity contribution in [1.29, 1.82) is 0 Å². The van der Waals surface area contributed by atoms with E-state index in [9.17, 15) is 8.42 Å². The fourth-order valence-corrected chi connectivity index (χ4v) is 3.48. The maximum Gasteiger partial charge on any atom is 0.259 e. The number of aromatic nitrogens is 3. The molecule has 2 aromatic heterocycles. The Hall–Kier alpha value is -2.00. The number of anilines is 1. The second kappa shape index (κ2) is 6.25. The molecule has 0 bridgehead atoms. The summed E-state index contributed by atoms with van der Waals surface area (Å²) in [4.78, 5) is 10.8. The molecule has 8 nitrogen and oxygen atoms in total. The molecule has 0 saturated carbocycles. The average Bonchev–Trinajstić information content (AvgIpc) is 2.93. The minimum atomic E-state index is -3.15. The summed E-state index contributed by atoms with van der Waals surface area (Å²) in [5.74, 6) is 1.91. The molecular formula is C14H19N5O3S. The Kier molecular flexibility index (Phi) is 4.31. The predicted molar refractivity (Wildman–Crippen MR) is 85.5 cm³/mol. The molecule has 9 heteroatoms. The molecule has 1 N–H and O–H groups in total. The van der Waals surface area contributed by atoms with Gasteiger partial charge in [-0.05, 0) is 31.9 Å². The molecule has 1 fully saturated rings. The van der Waals surface area contributed by atoms with Crippen LogP contribution >= 0.6 is 0 Å². The topological polar surface area (TPSA) is 101 Å². The van der Waals surface area contributed by atoms with Crippen molar-refractivity contribution in [2.24, 2.45) is 0 Å². The zero-order valence-corrected chi connectivity index (χ0v) is 13.9. The van der Waals surface area contributed by atoms with Gasteiger partial charge in [-0.25, -0.2) is 18.1 Å². The first-order valence-corrected chi connectivity index (χ1v) is 9.29. The van der Waals surface area contributed by atoms with E-state index in [-0.39, 0.29) is 6.04 Å². The van der Waals surface area contributed by atoms with E-state index in [0.717, 1.165) is 37.3 Å². The van der Waals surface area contributed by atoms with E-state index in [0.29, 0.717) is 11.7 Å². The van der Waals surface area contributed by atoms with Crippen LogP contribution in [0.15, 0.2) is 22.9 Å². The molecule has 1 saturated heterocycles. The lowest BCUT2D eigenvalue weighted by Gasteiger charge is -2.32. The van der Waals surface area contributed by atoms with Crippen molar-refractivity contribution < 1.29 is 12.9 Å². The molecule has 124 valence electrons. The van der Waals surface area contributed by atoms with Crippen LogP contribution in [0.25, 0.3) is 11.5 Å². The Balaban J connectivity index is 1.63. The summed E-state index contributed by atoms with van der Waals surface area (Å²) in [5.41, 5.74) is 0.781. The van der Waals surface area contributed by atoms with Gasteiger partial charge in [0.15, 0.2) is 5.82 Å². The highest BCUT2D eigenvalue weighted by molar-refractivity contribution is 7.88. The number of nitrogens with one attached hydrogen (secondary N) is 1. The van der Waals surface area contributed by atoms with Gasteiger partial charge in [0.05, 0.1) is 11.8 Å². The summed E-state index contributed by atoms with van der Waals surface area (Å²) in [7, 11) is -3.15. The highest BCUT2D eigenvalue weighted by Gasteiger charge is 2.22. The molecule has 0 aliphatic carbocycles. The van der Waals surface area contributed by atoms with Crippen molar-refractivity contribution in [3.8, 4) is 11.5 Å². The van der Waals surface area contributed by atoms with Crippen LogP contribution in [0.1, 0.15) is 18.7 Å². The average molecular weight is 337 g/mol. The molecule has 3 heterocycles. The van der Waals surface area contributed by atoms with Gasteiger partial charge in [-0.15, -0.1) is 0 Å². The van der Waals surface area contributed by atoms with Crippen molar-refractivity contribution >= 4 is 15.8 Å². The van der Waals surface area contributed by atoms with Crippen LogP contribution < -0.4 is 9.62 Å². The van der Waals surface area contributed by atoms with Crippen LogP contribution in [-0.2, 0) is 10.0 Å². The molecule has 2 aromatic rings. The van der Waals surface area contributed by atoms with Gasteiger partial charge in [-0.3, -0.25) is 0 Å². The summed E-state index contributed by atoms with van der Waals surface area (Å²) >= 11 is 0. The van der Waals surface area contributed by atoms with Gasteiger partial charge in [0, 0.05) is 25.3 Å². The van der Waals surface area contributed by atoms with Gasteiger partial charge < -0.3 is 9.42 Å². The van der Waals surface area contributed by atoms with Crippen molar-refractivity contribution in [2.75, 3.05) is 24.2 Å². The van der Waals surface area contributed by atoms with E-state index in [1.54, 1.807) is 13.1 Å². The Morgan fingerprint density at radius 2 is 2.04 bits per heavy atom. The lowest BCUT2D eigenvalue weighted by molar-refractivity contribution is 0.425. The first-order chi connectivity index (χ1) is 10.9. The van der Waals surface area contributed by atoms with Gasteiger partial charge >= 0.3 is 0 Å². The fourth-order valence-electron chi connectivity index (χ4n) is 2.64. The molecule has 23 heavy (non-hydrogen) atoms. The van der Waals surface area contributed by atoms with E-state index < -0.39 is 10.0 Å². The third-order valence-corrected chi connectivity index (χ3v) is 4.48. The monoisotopic (exact) mass is 337 g/mol. The molecule has 0 spiro atoms. The van der Waals surface area contributed by atoms with Gasteiger partial charge in [-0.2, -0.15) is 4.98 Å². The van der Waals surface area contributed by atoms with Crippen LogP contribution in [0.5, 0.6) is 0 Å². The number of sulfonamides is 1. The van der Waals surface area contributed by atoms with E-state index in [4.69, 9.17) is 4.52 Å². The third kappa shape index (κ3) is 4.05. The smallest absolute Gasteiger partial charge is 0.259 e. The normalized spacial score (nSPS) is 16.7. The standard InChI is InChI=1S/C14H19N5O3S/c1-10-16-14(22-17-10)11-3-4-13(15-9-11)19-7-5-12(6-8-19)18-23(2,20)21/h3-4,9,12,18H,5-8H2,1-2H3. The van der Waals surface area contributed by atoms with Crippen molar-refractivity contribution in [3.63, 3.8) is 0 Å². The Labute approximate surface area is 135 Å². The molecule has 1 aliphatic rings. The lowest BCUT2D eigenvalue weighted by Crippen LogP contribution is -2.44. The SMILES string of the molecule is Cc1noc(-c2ccc(N3CCC(NS(C)(=O)=O)CC3)nc2)n1. The van der Waals surface area contributed by atoms with Crippen molar-refractivity contribution in [1.82, 2.24) is 19.8 Å². The van der Waals surface area contributed by atoms with Gasteiger partial charge in [0.1, 0.15) is 5.82 Å². The van der Waals surface area contributed by atoms with Crippen LogP contribution in [-0.4, -0.2) is 48.9 Å². The quantitative estimate of drug-likeness (QED) is 0.886. The second-order valence-corrected chi connectivity index (χ2v) is 7.48. The summed E-state index contributed by atoms with van der Waals surface area (Å²) in [6, 6.07) is 3.82. The number of aryl methyl sites for hydroxylation is 1. The summed E-state index contributed by atoms with van der Waals surface area (Å²) < 4.78 is 30.3. The molecule has 0 unspecified atom stereocenters. The minimum Gasteiger partial charge on any atom is -0.357 e. The number of hydrogen-bond acceptors (Lipinski definition) is 7. The Morgan fingerprint density at radius 1 is 1.30 bits per heavy atom. The summed E-state index contributed by atoms with van der Waals surface area (Å²) in [5, 5.41) is 3.76. The maximum atomic E-state index is 11.3. The largest absolute Gasteiger partial charge is 0.357 e. The third-order valence-electron chi connectivity index (χ3n) is 3.72. The van der Waals surface area contributed by atoms with Crippen molar-refractivity contribution in [3.05, 3.63) is 24.2 Å². The van der Waals surface area contributed by atoms with Crippen LogP contribution in [0.3, 0.4) is 0 Å². The fraction of sp³-hybridized carbons (Fsp3) is 0.500. The van der Waals surface area contributed by atoms with Crippen LogP contribution in [0.2, 0.25) is 0 Å². The molecule has 0 radical (unpaired) electrons. The van der Waals surface area contributed by atoms with Crippen LogP contribution in [0.4, 0.5) is 5.82 Å². The van der Waals surface area contributed by atoms with Crippen molar-refractivity contribution in [2.45, 2.75) is 25.8 Å². The van der Waals surface area contributed by atoms with E-state index in [1.807, 2.05) is 12.1 Å². The Morgan fingerprint density at radius 3 is 2.57 bits per heavy atom. The van der Waals surface area contributed by atoms with Gasteiger partial charge in [-0.1, -0.05) is 5.16 Å². The second-order valence-electron chi connectivity index (χ2n) is 5.70. The zero-order chi connectivity index (χ0) is 16.4. The van der Waals surface area contributed by atoms with E-state index >= 15 is 0 Å². The van der Waals surface area contributed by atoms with E-state index in [2.05, 4.69) is 24.7 Å². The van der Waals surface area contributed by atoms with E-state index in [1.165, 1.54) is 6.26 Å². The molecular weight excluding hydrogens is 318 g/mol. The van der Waals surface area contributed by atoms with Crippen LogP contribution in [0, 0.1) is 6.92 Å². The lowest BCUT2D eigenvalue weighted by atomic mass is 10.1. The molecule has 1 aliphatic heterocycles. The highest BCUT2D eigenvalue weighted by Crippen LogP contribution is 2.22. The number of pyridine rings is 1. The maximum absolute atomic E-state index is 11.3.